The summed E-state index contributed by atoms with van der Waals surface area (Å²) in [5, 5.41) is 6.44. The van der Waals surface area contributed by atoms with Gasteiger partial charge in [-0.05, 0) is 65.1 Å². The van der Waals surface area contributed by atoms with E-state index in [0.29, 0.717) is 13.0 Å². The van der Waals surface area contributed by atoms with Gasteiger partial charge in [0, 0.05) is 38.3 Å². The van der Waals surface area contributed by atoms with Crippen LogP contribution < -0.4 is 5.32 Å². The fourth-order valence-electron chi connectivity index (χ4n) is 3.73. The summed E-state index contributed by atoms with van der Waals surface area (Å²) >= 11 is 3.54. The zero-order valence-electron chi connectivity index (χ0n) is 15.9. The Balaban J connectivity index is 1.37. The number of carbonyl (C=O) groups is 1. The number of amides is 1. The summed E-state index contributed by atoms with van der Waals surface area (Å²) in [4.78, 5) is 19.5. The van der Waals surface area contributed by atoms with Crippen molar-refractivity contribution in [3.63, 3.8) is 0 Å². The van der Waals surface area contributed by atoms with Crippen LogP contribution in [0.5, 0.6) is 0 Å². The zero-order valence-corrected chi connectivity index (χ0v) is 17.5. The number of thiophene rings is 2. The second-order valence-electron chi connectivity index (χ2n) is 7.19. The number of anilines is 1. The average Bonchev–Trinajstić information content (AvgIpc) is 3.47. The van der Waals surface area contributed by atoms with Gasteiger partial charge >= 0.3 is 0 Å². The molecule has 2 aromatic carbocycles. The fraction of sp³-hybridized carbons (Fsp3) is 0.167. The summed E-state index contributed by atoms with van der Waals surface area (Å²) in [6, 6.07) is 19.0. The minimum Gasteiger partial charge on any atom is -0.326 e. The molecule has 0 bridgehead atoms. The van der Waals surface area contributed by atoms with Crippen LogP contribution >= 0.6 is 22.7 Å². The van der Waals surface area contributed by atoms with Gasteiger partial charge in [-0.3, -0.25) is 9.79 Å². The highest BCUT2D eigenvalue weighted by Crippen LogP contribution is 2.39. The van der Waals surface area contributed by atoms with E-state index in [4.69, 9.17) is 0 Å². The van der Waals surface area contributed by atoms with Gasteiger partial charge in [0.05, 0.1) is 6.54 Å². The molecule has 2 aromatic heterocycles. The van der Waals surface area contributed by atoms with Gasteiger partial charge in [-0.2, -0.15) is 0 Å². The highest BCUT2D eigenvalue weighted by molar-refractivity contribution is 7.22. The van der Waals surface area contributed by atoms with Crippen molar-refractivity contribution >= 4 is 50.6 Å². The van der Waals surface area contributed by atoms with Crippen LogP contribution in [0.3, 0.4) is 0 Å². The van der Waals surface area contributed by atoms with Gasteiger partial charge in [-0.1, -0.05) is 24.3 Å². The molecule has 3 heterocycles. The van der Waals surface area contributed by atoms with Crippen molar-refractivity contribution in [3.8, 4) is 10.4 Å². The van der Waals surface area contributed by atoms with E-state index in [0.717, 1.165) is 24.1 Å². The van der Waals surface area contributed by atoms with Crippen molar-refractivity contribution in [2.75, 3.05) is 5.32 Å². The third-order valence-corrected chi connectivity index (χ3v) is 7.23. The molecule has 0 fully saturated rings. The molecule has 1 amide bonds. The maximum absolute atomic E-state index is 12.5. The first-order chi connectivity index (χ1) is 14.3. The Morgan fingerprint density at radius 3 is 2.90 bits per heavy atom. The SMILES string of the molecule is O=C(CCCc1cccs1)Nc1cc2c(c(-c3cc4ccccc4s3)c1)CN=C2. The van der Waals surface area contributed by atoms with Crippen molar-refractivity contribution in [3.05, 3.63) is 76.0 Å². The average molecular weight is 417 g/mol. The van der Waals surface area contributed by atoms with E-state index in [9.17, 15) is 4.79 Å². The van der Waals surface area contributed by atoms with Gasteiger partial charge in [-0.25, -0.2) is 0 Å². The first-order valence-corrected chi connectivity index (χ1v) is 11.4. The van der Waals surface area contributed by atoms with Crippen molar-refractivity contribution in [1.29, 1.82) is 0 Å². The summed E-state index contributed by atoms with van der Waals surface area (Å²) < 4.78 is 1.28. The minimum atomic E-state index is 0.0683. The van der Waals surface area contributed by atoms with E-state index in [2.05, 4.69) is 64.2 Å². The van der Waals surface area contributed by atoms with Crippen molar-refractivity contribution in [1.82, 2.24) is 0 Å². The Labute approximate surface area is 177 Å². The minimum absolute atomic E-state index is 0.0683. The van der Waals surface area contributed by atoms with Crippen LogP contribution in [0.15, 0.2) is 65.0 Å². The summed E-state index contributed by atoms with van der Waals surface area (Å²) in [5.74, 6) is 0.0683. The molecule has 0 saturated heterocycles. The maximum atomic E-state index is 12.5. The lowest BCUT2D eigenvalue weighted by atomic mass is 10.00. The number of fused-ring (bicyclic) bond motifs is 2. The van der Waals surface area contributed by atoms with Crippen molar-refractivity contribution < 1.29 is 4.79 Å². The Morgan fingerprint density at radius 2 is 2.03 bits per heavy atom. The normalized spacial score (nSPS) is 12.4. The number of benzene rings is 2. The lowest BCUT2D eigenvalue weighted by Crippen LogP contribution is -2.12. The molecule has 1 aliphatic rings. The highest BCUT2D eigenvalue weighted by Gasteiger charge is 2.17. The van der Waals surface area contributed by atoms with E-state index in [1.807, 2.05) is 12.3 Å². The van der Waals surface area contributed by atoms with E-state index >= 15 is 0 Å². The molecule has 4 aromatic rings. The van der Waals surface area contributed by atoms with Gasteiger partial charge in [0.1, 0.15) is 0 Å². The Morgan fingerprint density at radius 1 is 1.10 bits per heavy atom. The summed E-state index contributed by atoms with van der Waals surface area (Å²) in [6.45, 7) is 0.702. The van der Waals surface area contributed by atoms with Gasteiger partial charge < -0.3 is 5.32 Å². The van der Waals surface area contributed by atoms with Crippen LogP contribution in [-0.2, 0) is 17.8 Å². The molecule has 5 heteroatoms. The van der Waals surface area contributed by atoms with Gasteiger partial charge in [0.15, 0.2) is 0 Å². The molecule has 0 aliphatic carbocycles. The molecule has 144 valence electrons. The Hall–Kier alpha value is -2.76. The third kappa shape index (κ3) is 3.88. The van der Waals surface area contributed by atoms with E-state index < -0.39 is 0 Å². The van der Waals surface area contributed by atoms with Gasteiger partial charge in [0.25, 0.3) is 0 Å². The van der Waals surface area contributed by atoms with Crippen molar-refractivity contribution in [2.45, 2.75) is 25.8 Å². The first kappa shape index (κ1) is 18.3. The Kier molecular flexibility index (Phi) is 5.00. The van der Waals surface area contributed by atoms with Crippen LogP contribution in [0, 0.1) is 0 Å². The molecular formula is C24H20N2OS2. The van der Waals surface area contributed by atoms with E-state index in [1.165, 1.54) is 31.0 Å². The highest BCUT2D eigenvalue weighted by atomic mass is 32.1. The molecule has 0 radical (unpaired) electrons. The van der Waals surface area contributed by atoms with Gasteiger partial charge in [0.2, 0.25) is 5.91 Å². The summed E-state index contributed by atoms with van der Waals surface area (Å²) in [5.41, 5.74) is 4.38. The molecule has 3 nitrogen and oxygen atoms in total. The predicted molar refractivity (Wildman–Crippen MR) is 124 cm³/mol. The van der Waals surface area contributed by atoms with Crippen LogP contribution in [0.2, 0.25) is 0 Å². The standard InChI is InChI=1S/C24H20N2OS2/c27-24(9-3-6-19-7-4-10-28-19)26-18-11-17-14-25-15-21(17)20(13-18)23-12-16-5-1-2-8-22(16)29-23/h1-2,4-5,7-8,10-14H,3,6,9,15H2,(H,26,27). The number of aliphatic imine (C=N–C) groups is 1. The molecule has 29 heavy (non-hydrogen) atoms. The summed E-state index contributed by atoms with van der Waals surface area (Å²) in [7, 11) is 0. The summed E-state index contributed by atoms with van der Waals surface area (Å²) in [6.07, 6.45) is 4.26. The number of aryl methyl sites for hydroxylation is 1. The number of rotatable bonds is 6. The topological polar surface area (TPSA) is 41.5 Å². The second-order valence-corrected chi connectivity index (χ2v) is 9.31. The molecular weight excluding hydrogens is 396 g/mol. The van der Waals surface area contributed by atoms with E-state index in [-0.39, 0.29) is 5.91 Å². The smallest absolute Gasteiger partial charge is 0.224 e. The predicted octanol–water partition coefficient (Wildman–Crippen LogP) is 6.52. The van der Waals surface area contributed by atoms with Gasteiger partial charge in [-0.15, -0.1) is 22.7 Å². The molecule has 0 spiro atoms. The van der Waals surface area contributed by atoms with E-state index in [1.54, 1.807) is 22.7 Å². The molecule has 5 rings (SSSR count). The Bertz CT molecular complexity index is 1170. The van der Waals surface area contributed by atoms with Crippen LogP contribution in [0.25, 0.3) is 20.5 Å². The number of carbonyl (C=O) groups excluding carboxylic acids is 1. The van der Waals surface area contributed by atoms with Crippen LogP contribution in [0.1, 0.15) is 28.8 Å². The van der Waals surface area contributed by atoms with Crippen LogP contribution in [-0.4, -0.2) is 12.1 Å². The molecule has 0 saturated carbocycles. The number of hydrogen-bond acceptors (Lipinski definition) is 4. The first-order valence-electron chi connectivity index (χ1n) is 9.74. The molecule has 0 atom stereocenters. The monoisotopic (exact) mass is 416 g/mol. The fourth-order valence-corrected chi connectivity index (χ4v) is 5.59. The lowest BCUT2D eigenvalue weighted by molar-refractivity contribution is -0.116. The number of hydrogen-bond donors (Lipinski definition) is 1. The number of nitrogens with zero attached hydrogens (tertiary/aromatic N) is 1. The largest absolute Gasteiger partial charge is 0.326 e. The molecule has 1 N–H and O–H groups in total. The maximum Gasteiger partial charge on any atom is 0.224 e. The van der Waals surface area contributed by atoms with Crippen LogP contribution in [0.4, 0.5) is 5.69 Å². The zero-order chi connectivity index (χ0) is 19.6. The number of nitrogens with one attached hydrogen (secondary N) is 1. The second kappa shape index (κ2) is 7.93. The molecule has 1 aliphatic heterocycles. The van der Waals surface area contributed by atoms with Crippen molar-refractivity contribution in [2.24, 2.45) is 4.99 Å². The quantitative estimate of drug-likeness (QED) is 0.382. The lowest BCUT2D eigenvalue weighted by Gasteiger charge is -2.11. The third-order valence-electron chi connectivity index (χ3n) is 5.15. The molecule has 0 unspecified atom stereocenters.